The minimum Gasteiger partial charge on any atom is -0.455 e. The van der Waals surface area contributed by atoms with Gasteiger partial charge >= 0.3 is 5.97 Å². The molecule has 1 amide bonds. The number of amides is 1. The van der Waals surface area contributed by atoms with Crippen LogP contribution in [-0.2, 0) is 14.3 Å². The Bertz CT molecular complexity index is 526. The number of carbonyl (C=O) groups excluding carboxylic acids is 2. The van der Waals surface area contributed by atoms with Crippen LogP contribution in [0, 0.1) is 0 Å². The van der Waals surface area contributed by atoms with Gasteiger partial charge < -0.3 is 15.4 Å². The Morgan fingerprint density at radius 2 is 2.14 bits per heavy atom. The zero-order valence-corrected chi connectivity index (χ0v) is 12.5. The van der Waals surface area contributed by atoms with Crippen molar-refractivity contribution >= 4 is 17.6 Å². The quantitative estimate of drug-likeness (QED) is 0.642. The van der Waals surface area contributed by atoms with Gasteiger partial charge in [-0.05, 0) is 44.4 Å². The van der Waals surface area contributed by atoms with E-state index in [2.05, 4.69) is 0 Å². The molecule has 2 N–H and O–H groups in total. The summed E-state index contributed by atoms with van der Waals surface area (Å²) in [6.45, 7) is 4.16. The number of nitrogens with two attached hydrogens (primary N) is 1. The van der Waals surface area contributed by atoms with Crippen molar-refractivity contribution in [2.75, 3.05) is 18.9 Å². The van der Waals surface area contributed by atoms with Crippen molar-refractivity contribution in [3.05, 3.63) is 29.8 Å². The molecule has 0 aliphatic heterocycles. The third-order valence-electron chi connectivity index (χ3n) is 3.75. The summed E-state index contributed by atoms with van der Waals surface area (Å²) in [7, 11) is 0. The van der Waals surface area contributed by atoms with Crippen LogP contribution in [0.3, 0.4) is 0 Å². The van der Waals surface area contributed by atoms with E-state index >= 15 is 0 Å². The van der Waals surface area contributed by atoms with Crippen molar-refractivity contribution in [3.63, 3.8) is 0 Å². The molecule has 1 aromatic carbocycles. The third kappa shape index (κ3) is 3.97. The second kappa shape index (κ2) is 6.61. The summed E-state index contributed by atoms with van der Waals surface area (Å²) in [4.78, 5) is 25.8. The van der Waals surface area contributed by atoms with Crippen molar-refractivity contribution in [3.8, 4) is 0 Å². The second-order valence-corrected chi connectivity index (χ2v) is 5.41. The molecule has 0 spiro atoms. The molecule has 1 unspecified atom stereocenters. The second-order valence-electron chi connectivity index (χ2n) is 5.41. The van der Waals surface area contributed by atoms with Gasteiger partial charge in [0.1, 0.15) is 0 Å². The van der Waals surface area contributed by atoms with Crippen LogP contribution in [0.5, 0.6) is 0 Å². The number of carbonyl (C=O) groups is 2. The summed E-state index contributed by atoms with van der Waals surface area (Å²) >= 11 is 0. The normalized spacial score (nSPS) is 15.3. The van der Waals surface area contributed by atoms with Gasteiger partial charge in [-0.2, -0.15) is 0 Å². The van der Waals surface area contributed by atoms with E-state index < -0.39 is 11.9 Å². The largest absolute Gasteiger partial charge is 0.455 e. The Morgan fingerprint density at radius 1 is 1.43 bits per heavy atom. The van der Waals surface area contributed by atoms with Gasteiger partial charge in [-0.1, -0.05) is 12.1 Å². The number of likely N-dealkylation sites (N-methyl/N-ethyl adjacent to an activating group) is 1. The van der Waals surface area contributed by atoms with E-state index in [1.165, 1.54) is 0 Å². The number of nitrogens with zero attached hydrogens (tertiary/aromatic N) is 1. The molecule has 5 heteroatoms. The molecular weight excluding hydrogens is 268 g/mol. The Kier molecular flexibility index (Phi) is 4.83. The maximum absolute atomic E-state index is 12.0. The molecule has 114 valence electrons. The van der Waals surface area contributed by atoms with Crippen molar-refractivity contribution < 1.29 is 14.3 Å². The van der Waals surface area contributed by atoms with Crippen molar-refractivity contribution in [1.82, 2.24) is 4.90 Å². The zero-order chi connectivity index (χ0) is 15.4. The van der Waals surface area contributed by atoms with Gasteiger partial charge in [0.05, 0.1) is 5.92 Å². The number of esters is 1. The number of benzene rings is 1. The van der Waals surface area contributed by atoms with Gasteiger partial charge in [-0.15, -0.1) is 0 Å². The molecule has 0 radical (unpaired) electrons. The lowest BCUT2D eigenvalue weighted by Crippen LogP contribution is -2.36. The summed E-state index contributed by atoms with van der Waals surface area (Å²) in [5.74, 6) is -0.953. The first-order valence-corrected chi connectivity index (χ1v) is 7.34. The molecule has 1 saturated carbocycles. The lowest BCUT2D eigenvalue weighted by atomic mass is 10.0. The van der Waals surface area contributed by atoms with Crippen LogP contribution >= 0.6 is 0 Å². The molecule has 21 heavy (non-hydrogen) atoms. The van der Waals surface area contributed by atoms with Crippen LogP contribution in [0.4, 0.5) is 5.69 Å². The monoisotopic (exact) mass is 290 g/mol. The van der Waals surface area contributed by atoms with E-state index in [0.29, 0.717) is 18.3 Å². The first-order valence-electron chi connectivity index (χ1n) is 7.34. The number of ether oxygens (including phenoxy) is 1. The lowest BCUT2D eigenvalue weighted by molar-refractivity contribution is -0.153. The number of hydrogen-bond acceptors (Lipinski definition) is 4. The Hall–Kier alpha value is -2.04. The minimum atomic E-state index is -0.433. The maximum atomic E-state index is 12.0. The van der Waals surface area contributed by atoms with Crippen molar-refractivity contribution in [1.29, 1.82) is 0 Å². The van der Waals surface area contributed by atoms with Crippen LogP contribution < -0.4 is 5.73 Å². The van der Waals surface area contributed by atoms with Crippen molar-refractivity contribution in [2.45, 2.75) is 38.6 Å². The molecule has 1 atom stereocenters. The summed E-state index contributed by atoms with van der Waals surface area (Å²) < 4.78 is 5.15. The van der Waals surface area contributed by atoms with E-state index in [-0.39, 0.29) is 12.5 Å². The molecule has 1 aliphatic carbocycles. The van der Waals surface area contributed by atoms with Crippen molar-refractivity contribution in [2.24, 2.45) is 0 Å². The minimum absolute atomic E-state index is 0.117. The van der Waals surface area contributed by atoms with E-state index in [4.69, 9.17) is 10.5 Å². The average molecular weight is 290 g/mol. The standard InChI is InChI=1S/C16H22N2O3/c1-3-18(14-7-8-14)15(19)10-21-16(20)11(2)12-5-4-6-13(17)9-12/h4-6,9,11,14H,3,7-8,10,17H2,1-2H3. The van der Waals surface area contributed by atoms with Gasteiger partial charge in [0.25, 0.3) is 5.91 Å². The van der Waals surface area contributed by atoms with Gasteiger partial charge in [0.2, 0.25) is 0 Å². The smallest absolute Gasteiger partial charge is 0.313 e. The molecule has 1 aliphatic rings. The highest BCUT2D eigenvalue weighted by Gasteiger charge is 2.31. The van der Waals surface area contributed by atoms with Crippen LogP contribution in [0.25, 0.3) is 0 Å². The highest BCUT2D eigenvalue weighted by Crippen LogP contribution is 2.26. The molecule has 0 bridgehead atoms. The summed E-state index contributed by atoms with van der Waals surface area (Å²) in [5.41, 5.74) is 7.10. The molecule has 0 aromatic heterocycles. The van der Waals surface area contributed by atoms with Crippen LogP contribution in [0.1, 0.15) is 38.2 Å². The Labute approximate surface area is 125 Å². The lowest BCUT2D eigenvalue weighted by Gasteiger charge is -2.20. The van der Waals surface area contributed by atoms with Crippen LogP contribution in [0.2, 0.25) is 0 Å². The van der Waals surface area contributed by atoms with Crippen LogP contribution in [-0.4, -0.2) is 36.0 Å². The molecule has 0 saturated heterocycles. The average Bonchev–Trinajstić information content (AvgIpc) is 3.29. The SMILES string of the molecule is CCN(C(=O)COC(=O)C(C)c1cccc(N)c1)C1CC1. The number of nitrogen functional groups attached to an aromatic ring is 1. The van der Waals surface area contributed by atoms with E-state index in [0.717, 1.165) is 18.4 Å². The third-order valence-corrected chi connectivity index (χ3v) is 3.75. The predicted molar refractivity (Wildman–Crippen MR) is 80.6 cm³/mol. The number of hydrogen-bond donors (Lipinski definition) is 1. The van der Waals surface area contributed by atoms with Crippen LogP contribution in [0.15, 0.2) is 24.3 Å². The summed E-state index contributed by atoms with van der Waals surface area (Å²) in [6.07, 6.45) is 2.10. The summed E-state index contributed by atoms with van der Waals surface area (Å²) in [5, 5.41) is 0. The fourth-order valence-corrected chi connectivity index (χ4v) is 2.33. The van der Waals surface area contributed by atoms with E-state index in [9.17, 15) is 9.59 Å². The zero-order valence-electron chi connectivity index (χ0n) is 12.5. The maximum Gasteiger partial charge on any atom is 0.313 e. The fraction of sp³-hybridized carbons (Fsp3) is 0.500. The molecule has 1 aromatic rings. The van der Waals surface area contributed by atoms with Gasteiger partial charge in [0.15, 0.2) is 6.61 Å². The number of rotatable bonds is 6. The molecule has 1 fully saturated rings. The Morgan fingerprint density at radius 3 is 2.71 bits per heavy atom. The predicted octanol–water partition coefficient (Wildman–Crippen LogP) is 1.93. The summed E-state index contributed by atoms with van der Waals surface area (Å²) in [6, 6.07) is 7.47. The fourth-order valence-electron chi connectivity index (χ4n) is 2.33. The molecule has 0 heterocycles. The van der Waals surface area contributed by atoms with Gasteiger partial charge in [0, 0.05) is 18.3 Å². The molecular formula is C16H22N2O3. The topological polar surface area (TPSA) is 72.6 Å². The van der Waals surface area contributed by atoms with Gasteiger partial charge in [-0.3, -0.25) is 9.59 Å². The first kappa shape index (κ1) is 15.4. The Balaban J connectivity index is 1.87. The van der Waals surface area contributed by atoms with Gasteiger partial charge in [-0.25, -0.2) is 0 Å². The highest BCUT2D eigenvalue weighted by atomic mass is 16.5. The van der Waals surface area contributed by atoms with E-state index in [1.807, 2.05) is 13.0 Å². The number of anilines is 1. The molecule has 5 nitrogen and oxygen atoms in total. The highest BCUT2D eigenvalue weighted by molar-refractivity contribution is 5.83. The van der Waals surface area contributed by atoms with E-state index in [1.54, 1.807) is 30.0 Å². The molecule has 2 rings (SSSR count). The first-order chi connectivity index (χ1) is 10.0.